The summed E-state index contributed by atoms with van der Waals surface area (Å²) in [5.41, 5.74) is 0. The fourth-order valence-electron chi connectivity index (χ4n) is 0.632. The lowest BCUT2D eigenvalue weighted by Gasteiger charge is -2.23. The van der Waals surface area contributed by atoms with Crippen molar-refractivity contribution in [3.63, 3.8) is 0 Å². The molecule has 0 aliphatic heterocycles. The van der Waals surface area contributed by atoms with Crippen LogP contribution in [0.4, 0.5) is 0 Å². The van der Waals surface area contributed by atoms with Crippen LogP contribution in [-0.4, -0.2) is 32.2 Å². The fourth-order valence-corrected chi connectivity index (χ4v) is 0.632. The number of nitrogens with zero attached hydrogens (tertiary/aromatic N) is 2. The first-order valence-corrected chi connectivity index (χ1v) is 4.26. The zero-order valence-corrected chi connectivity index (χ0v) is 8.86. The molecule has 0 spiro atoms. The highest BCUT2D eigenvalue weighted by Gasteiger charge is 2.02. The van der Waals surface area contributed by atoms with Crippen LogP contribution in [-0.2, 0) is 0 Å². The number of unbranched alkanes of at least 4 members (excludes halogenated alkanes) is 1. The van der Waals surface area contributed by atoms with E-state index in [4.69, 9.17) is 5.26 Å². The monoisotopic (exact) mass is 175 g/mol. The molecule has 0 rings (SSSR count). The van der Waals surface area contributed by atoms with Crippen molar-refractivity contribution in [1.29, 1.82) is 5.26 Å². The Bertz CT molecular complexity index is 110. The third kappa shape index (κ3) is 25.9. The SMILES string of the molecule is CCCC[N+](C)(C)C.N#CS. The molecule has 0 atom stereocenters. The van der Waals surface area contributed by atoms with Gasteiger partial charge in [-0.2, -0.15) is 5.26 Å². The van der Waals surface area contributed by atoms with Crippen molar-refractivity contribution in [2.45, 2.75) is 19.8 Å². The minimum absolute atomic E-state index is 1.10. The standard InChI is InChI=1S/C7H18N.CHNS/c1-5-6-7-8(2,3)4;2-1-3/h5-7H2,1-4H3;3H/q+1;. The first-order valence-electron chi connectivity index (χ1n) is 3.81. The maximum Gasteiger partial charge on any atom is 0.130 e. The molecule has 0 aromatic carbocycles. The molecule has 0 radical (unpaired) electrons. The maximum absolute atomic E-state index is 7.18. The van der Waals surface area contributed by atoms with Crippen LogP contribution in [0.3, 0.4) is 0 Å². The van der Waals surface area contributed by atoms with Gasteiger partial charge in [-0.1, -0.05) is 26.0 Å². The fraction of sp³-hybridized carbons (Fsp3) is 0.875. The Kier molecular flexibility index (Phi) is 9.62. The maximum atomic E-state index is 7.18. The summed E-state index contributed by atoms with van der Waals surface area (Å²) < 4.78 is 1.10. The number of rotatable bonds is 3. The van der Waals surface area contributed by atoms with E-state index in [0.717, 1.165) is 4.48 Å². The molecule has 0 aliphatic rings. The molecule has 0 N–H and O–H groups in total. The number of nitriles is 1. The summed E-state index contributed by atoms with van der Waals surface area (Å²) >= 11 is 3.09. The lowest BCUT2D eigenvalue weighted by molar-refractivity contribution is -0.870. The van der Waals surface area contributed by atoms with Crippen molar-refractivity contribution in [3.05, 3.63) is 0 Å². The van der Waals surface area contributed by atoms with Crippen molar-refractivity contribution in [2.24, 2.45) is 0 Å². The molecular formula is C8H19N2S+. The predicted molar refractivity (Wildman–Crippen MR) is 52.4 cm³/mol. The third-order valence-corrected chi connectivity index (χ3v) is 1.18. The summed E-state index contributed by atoms with van der Waals surface area (Å²) in [5, 5.41) is 8.63. The molecular weight excluding hydrogens is 156 g/mol. The summed E-state index contributed by atoms with van der Waals surface area (Å²) in [5.74, 6) is 0. The van der Waals surface area contributed by atoms with Crippen molar-refractivity contribution >= 4 is 12.6 Å². The van der Waals surface area contributed by atoms with E-state index in [0.29, 0.717) is 0 Å². The largest absolute Gasteiger partial charge is 0.331 e. The van der Waals surface area contributed by atoms with Gasteiger partial charge in [-0.05, 0) is 6.42 Å². The van der Waals surface area contributed by atoms with E-state index < -0.39 is 0 Å². The number of hydrogen-bond acceptors (Lipinski definition) is 2. The van der Waals surface area contributed by atoms with Gasteiger partial charge in [0.25, 0.3) is 0 Å². The van der Waals surface area contributed by atoms with Gasteiger partial charge in [-0.25, -0.2) is 0 Å². The number of thiol groups is 1. The van der Waals surface area contributed by atoms with Crippen LogP contribution in [0.15, 0.2) is 0 Å². The van der Waals surface area contributed by atoms with Gasteiger partial charge in [0.15, 0.2) is 0 Å². The minimum atomic E-state index is 1.10. The molecule has 0 heterocycles. The summed E-state index contributed by atoms with van der Waals surface area (Å²) in [6.07, 6.45) is 2.67. The molecule has 0 saturated heterocycles. The summed E-state index contributed by atoms with van der Waals surface area (Å²) in [7, 11) is 6.70. The highest BCUT2D eigenvalue weighted by atomic mass is 32.1. The highest BCUT2D eigenvalue weighted by Crippen LogP contribution is 1.94. The first-order chi connectivity index (χ1) is 4.97. The second-order valence-corrected chi connectivity index (χ2v) is 3.67. The van der Waals surface area contributed by atoms with E-state index in [1.165, 1.54) is 24.8 Å². The quantitative estimate of drug-likeness (QED) is 0.395. The second-order valence-electron chi connectivity index (χ2n) is 3.47. The molecule has 0 fully saturated rings. The normalized spacial score (nSPS) is 9.45. The Labute approximate surface area is 75.8 Å². The molecule has 2 nitrogen and oxygen atoms in total. The molecule has 0 saturated carbocycles. The number of quaternary nitrogens is 1. The van der Waals surface area contributed by atoms with Crippen molar-refractivity contribution in [2.75, 3.05) is 27.7 Å². The average molecular weight is 175 g/mol. The van der Waals surface area contributed by atoms with Gasteiger partial charge < -0.3 is 4.48 Å². The van der Waals surface area contributed by atoms with Gasteiger partial charge in [0.1, 0.15) is 5.40 Å². The van der Waals surface area contributed by atoms with Crippen LogP contribution in [0.5, 0.6) is 0 Å². The summed E-state index contributed by atoms with van der Waals surface area (Å²) in [4.78, 5) is 0. The third-order valence-electron chi connectivity index (χ3n) is 1.18. The lowest BCUT2D eigenvalue weighted by Crippen LogP contribution is -2.35. The van der Waals surface area contributed by atoms with Gasteiger partial charge >= 0.3 is 0 Å². The Morgan fingerprint density at radius 1 is 1.36 bits per heavy atom. The van der Waals surface area contributed by atoms with E-state index in [2.05, 4.69) is 40.7 Å². The molecule has 3 heteroatoms. The average Bonchev–Trinajstić information content (AvgIpc) is 1.84. The van der Waals surface area contributed by atoms with Gasteiger partial charge in [-0.3, -0.25) is 0 Å². The van der Waals surface area contributed by atoms with Crippen molar-refractivity contribution in [1.82, 2.24) is 0 Å². The van der Waals surface area contributed by atoms with Crippen LogP contribution >= 0.6 is 12.6 Å². The Morgan fingerprint density at radius 3 is 1.82 bits per heavy atom. The van der Waals surface area contributed by atoms with E-state index in [9.17, 15) is 0 Å². The smallest absolute Gasteiger partial charge is 0.130 e. The zero-order chi connectivity index (χ0) is 9.33. The van der Waals surface area contributed by atoms with E-state index in [-0.39, 0.29) is 0 Å². The van der Waals surface area contributed by atoms with Crippen LogP contribution in [0, 0.1) is 10.7 Å². The van der Waals surface area contributed by atoms with Crippen LogP contribution < -0.4 is 0 Å². The minimum Gasteiger partial charge on any atom is -0.331 e. The topological polar surface area (TPSA) is 23.8 Å². The van der Waals surface area contributed by atoms with Crippen LogP contribution in [0.25, 0.3) is 0 Å². The molecule has 0 aromatic heterocycles. The van der Waals surface area contributed by atoms with Crippen LogP contribution in [0.2, 0.25) is 0 Å². The molecule has 0 aliphatic carbocycles. The Balaban J connectivity index is 0. The molecule has 11 heavy (non-hydrogen) atoms. The van der Waals surface area contributed by atoms with Gasteiger partial charge in [0.05, 0.1) is 27.7 Å². The Hall–Kier alpha value is -0.200. The first kappa shape index (κ1) is 13.4. The van der Waals surface area contributed by atoms with Gasteiger partial charge in [0.2, 0.25) is 0 Å². The van der Waals surface area contributed by atoms with E-state index >= 15 is 0 Å². The highest BCUT2D eigenvalue weighted by molar-refractivity contribution is 7.85. The second kappa shape index (κ2) is 7.90. The molecule has 0 amide bonds. The predicted octanol–water partition coefficient (Wildman–Crippen LogP) is 1.89. The molecule has 66 valence electrons. The number of thiocyanates is 1. The van der Waals surface area contributed by atoms with Crippen LogP contribution in [0.1, 0.15) is 19.8 Å². The van der Waals surface area contributed by atoms with E-state index in [1.54, 1.807) is 0 Å². The van der Waals surface area contributed by atoms with Crippen molar-refractivity contribution < 1.29 is 4.48 Å². The molecule has 0 unspecified atom stereocenters. The number of hydrogen-bond donors (Lipinski definition) is 1. The molecule has 0 bridgehead atoms. The van der Waals surface area contributed by atoms with Gasteiger partial charge in [-0.15, -0.1) is 0 Å². The van der Waals surface area contributed by atoms with Crippen molar-refractivity contribution in [3.8, 4) is 5.40 Å². The zero-order valence-electron chi connectivity index (χ0n) is 7.96. The summed E-state index contributed by atoms with van der Waals surface area (Å²) in [6, 6.07) is 0. The van der Waals surface area contributed by atoms with E-state index in [1.807, 2.05) is 0 Å². The lowest BCUT2D eigenvalue weighted by atomic mass is 10.3. The Morgan fingerprint density at radius 2 is 1.73 bits per heavy atom. The molecule has 0 aromatic rings. The van der Waals surface area contributed by atoms with Gasteiger partial charge in [0, 0.05) is 0 Å². The summed E-state index contributed by atoms with van der Waals surface area (Å²) in [6.45, 7) is 3.53.